The number of carbonyl (C=O) groups excluding carboxylic acids is 6. The number of alkyl halides is 1. The summed E-state index contributed by atoms with van der Waals surface area (Å²) in [7, 11) is 0. The average molecular weight is 931 g/mol. The van der Waals surface area contributed by atoms with Crippen molar-refractivity contribution < 1.29 is 42.7 Å². The van der Waals surface area contributed by atoms with E-state index in [0.717, 1.165) is 53.7 Å². The number of ether oxygens (including phenoxy) is 2. The van der Waals surface area contributed by atoms with Crippen LogP contribution < -0.4 is 10.6 Å². The highest BCUT2D eigenvalue weighted by atomic mass is 79.9. The first kappa shape index (κ1) is 43.5. The number of hydrogen-bond donors (Lipinski definition) is 2. The van der Waals surface area contributed by atoms with Gasteiger partial charge in [0, 0.05) is 68.1 Å². The molecule has 7 heterocycles. The molecule has 3 aromatic rings. The number of amides is 4. The van der Waals surface area contributed by atoms with E-state index in [9.17, 15) is 28.8 Å². The average Bonchev–Trinajstić information content (AvgIpc) is 3.49. The topological polar surface area (TPSA) is 190 Å². The number of aromatic nitrogens is 2. The molecule has 15 nitrogen and oxygen atoms in total. The molecule has 9 rings (SSSR count). The Kier molecular flexibility index (Phi) is 11.7. The van der Waals surface area contributed by atoms with Crippen molar-refractivity contribution >= 4 is 74.7 Å². The first-order chi connectivity index (χ1) is 28.0. The predicted octanol–water partition coefficient (Wildman–Crippen LogP) is 6.45. The van der Waals surface area contributed by atoms with Crippen molar-refractivity contribution in [3.8, 4) is 11.3 Å². The van der Waals surface area contributed by atoms with Gasteiger partial charge in [-0.3, -0.25) is 19.2 Å². The van der Waals surface area contributed by atoms with E-state index in [1.807, 2.05) is 20.8 Å². The van der Waals surface area contributed by atoms with E-state index >= 15 is 0 Å². The van der Waals surface area contributed by atoms with Crippen molar-refractivity contribution in [2.24, 2.45) is 0 Å². The monoisotopic (exact) mass is 928 g/mol. The van der Waals surface area contributed by atoms with Crippen molar-refractivity contribution in [2.45, 2.75) is 114 Å². The van der Waals surface area contributed by atoms with Crippen molar-refractivity contribution in [2.75, 3.05) is 26.2 Å². The highest BCUT2D eigenvalue weighted by Gasteiger charge is 2.53. The number of Topliss-reactive ketones (excluding diaryl/α,β-unsaturated/α-hetero) is 2. The normalized spacial score (nSPS) is 20.6. The lowest BCUT2D eigenvalue weighted by atomic mass is 9.80. The zero-order valence-corrected chi connectivity index (χ0v) is 37.4. The van der Waals surface area contributed by atoms with Crippen LogP contribution in [-0.2, 0) is 44.7 Å². The largest absolute Gasteiger partial charge is 0.460 e. The maximum atomic E-state index is 13.0. The fraction of sp³-hybridized carbons (Fsp3) is 0.524. The Balaban J connectivity index is 0.000000150. The fourth-order valence-electron chi connectivity index (χ4n) is 8.28. The summed E-state index contributed by atoms with van der Waals surface area (Å²) < 4.78 is 16.8. The van der Waals surface area contributed by atoms with Gasteiger partial charge in [0.1, 0.15) is 38.8 Å². The van der Waals surface area contributed by atoms with Gasteiger partial charge in [0.25, 0.3) is 5.91 Å². The Morgan fingerprint density at radius 3 is 1.88 bits per heavy atom. The first-order valence-electron chi connectivity index (χ1n) is 19.7. The summed E-state index contributed by atoms with van der Waals surface area (Å²) in [6.07, 6.45) is 6.76. The Morgan fingerprint density at radius 2 is 1.33 bits per heavy atom. The number of fused-ring (bicyclic) bond motifs is 6. The summed E-state index contributed by atoms with van der Waals surface area (Å²) in [6.45, 7) is 12.4. The third-order valence-electron chi connectivity index (χ3n) is 10.8. The van der Waals surface area contributed by atoms with Gasteiger partial charge in [-0.05, 0) is 90.5 Å². The predicted molar refractivity (Wildman–Crippen MR) is 224 cm³/mol. The molecule has 0 radical (unpaired) electrons. The Morgan fingerprint density at radius 1 is 0.800 bits per heavy atom. The molecule has 3 fully saturated rings. The standard InChI is InChI=1S/C21H22ClN3O4.C12H18N2O4.C9H7BrClNO/c1-20(2,3)29-19(27)25-9-21(10-25)7-14-16(18(26)24-21)12-5-4-11-8-23-15(22)6-13(11)17(12)28-14;1-11(2,3)18-10(17)14-6-12(7-14)5-8(15)4-9(16)13-12;10-7-2-1-5-4-12-8(11)3-6(5)9(7)13/h6,8H,4-5,7,9-10H2,1-3H3,(H,24,26);4-7H2,1-3H3,(H,13,16);3-4,7H,1-2H2. The molecular weight excluding hydrogens is 883 g/mol. The van der Waals surface area contributed by atoms with Gasteiger partial charge in [0.05, 0.1) is 27.9 Å². The van der Waals surface area contributed by atoms with Crippen molar-refractivity contribution in [1.82, 2.24) is 30.4 Å². The molecule has 1 unspecified atom stereocenters. The third-order valence-corrected chi connectivity index (χ3v) is 12.1. The van der Waals surface area contributed by atoms with E-state index in [4.69, 9.17) is 37.1 Å². The molecule has 2 spiro atoms. The van der Waals surface area contributed by atoms with Crippen molar-refractivity contribution in [3.05, 3.63) is 68.4 Å². The van der Waals surface area contributed by atoms with Crippen LogP contribution in [0.4, 0.5) is 9.59 Å². The molecule has 18 heteroatoms. The van der Waals surface area contributed by atoms with Crippen LogP contribution in [0.5, 0.6) is 0 Å². The molecule has 2 aliphatic carbocycles. The summed E-state index contributed by atoms with van der Waals surface area (Å²) in [5.74, 6) is 1.06. The summed E-state index contributed by atoms with van der Waals surface area (Å²) in [4.78, 5) is 82.5. The van der Waals surface area contributed by atoms with E-state index in [1.54, 1.807) is 50.2 Å². The second kappa shape index (κ2) is 16.1. The number of furan rings is 1. The molecule has 3 saturated heterocycles. The smallest absolute Gasteiger partial charge is 0.410 e. The number of halogens is 3. The highest BCUT2D eigenvalue weighted by molar-refractivity contribution is 9.10. The molecular formula is C42H47BrCl2N6O9. The third kappa shape index (κ3) is 9.35. The summed E-state index contributed by atoms with van der Waals surface area (Å²) in [5, 5.41) is 6.70. The summed E-state index contributed by atoms with van der Waals surface area (Å²) in [5.41, 5.74) is 3.14. The van der Waals surface area contributed by atoms with Crippen LogP contribution in [0, 0.1) is 0 Å². The highest BCUT2D eigenvalue weighted by Crippen LogP contribution is 2.43. The zero-order valence-electron chi connectivity index (χ0n) is 34.3. The molecule has 2 N–H and O–H groups in total. The Bertz CT molecular complexity index is 2270. The minimum atomic E-state index is -0.552. The van der Waals surface area contributed by atoms with Crippen LogP contribution in [0.3, 0.4) is 0 Å². The number of nitrogens with zero attached hydrogens (tertiary/aromatic N) is 4. The van der Waals surface area contributed by atoms with Gasteiger partial charge in [-0.2, -0.15) is 0 Å². The van der Waals surface area contributed by atoms with Gasteiger partial charge in [-0.25, -0.2) is 19.6 Å². The summed E-state index contributed by atoms with van der Waals surface area (Å²) in [6, 6.07) is 3.44. The number of rotatable bonds is 0. The first-order valence-corrected chi connectivity index (χ1v) is 21.4. The minimum absolute atomic E-state index is 0.0474. The molecule has 0 aromatic carbocycles. The molecule has 60 heavy (non-hydrogen) atoms. The zero-order chi connectivity index (χ0) is 43.5. The number of ketones is 2. The van der Waals surface area contributed by atoms with Crippen LogP contribution >= 0.6 is 39.1 Å². The van der Waals surface area contributed by atoms with E-state index in [2.05, 4.69) is 36.5 Å². The Labute approximate surface area is 365 Å². The number of aryl methyl sites for hydroxylation is 2. The van der Waals surface area contributed by atoms with Crippen molar-refractivity contribution in [1.29, 1.82) is 0 Å². The van der Waals surface area contributed by atoms with Gasteiger partial charge in [-0.15, -0.1) is 0 Å². The van der Waals surface area contributed by atoms with E-state index in [-0.39, 0.29) is 40.7 Å². The van der Waals surface area contributed by atoms with E-state index in [0.29, 0.717) is 66.2 Å². The van der Waals surface area contributed by atoms with Crippen LogP contribution in [-0.4, -0.2) is 109 Å². The number of hydrogen-bond acceptors (Lipinski definition) is 11. The molecule has 6 aliphatic rings. The van der Waals surface area contributed by atoms with Crippen LogP contribution in [0.2, 0.25) is 10.3 Å². The summed E-state index contributed by atoms with van der Waals surface area (Å²) >= 11 is 15.1. The molecule has 320 valence electrons. The fourth-order valence-corrected chi connectivity index (χ4v) is 9.07. The molecule has 0 saturated carbocycles. The lowest BCUT2D eigenvalue weighted by Gasteiger charge is -2.51. The SMILES string of the molecule is CC(C)(C)OC(=O)N1CC2(CC(=O)CC(=O)N2)C1.CC(C)(C)OC(=O)N1CC2(Cc3oc4c(c3C(=O)N2)CCc2cnc(Cl)cc2-4)C1.O=C1c2cc(Cl)ncc2CCC1Br. The molecule has 1 atom stereocenters. The van der Waals surface area contributed by atoms with E-state index < -0.39 is 28.4 Å². The number of carbonyl (C=O) groups is 6. The second-order valence-electron chi connectivity index (χ2n) is 18.2. The molecule has 4 amide bonds. The maximum Gasteiger partial charge on any atom is 0.410 e. The van der Waals surface area contributed by atoms with Crippen LogP contribution in [0.25, 0.3) is 11.3 Å². The van der Waals surface area contributed by atoms with Gasteiger partial charge in [0.15, 0.2) is 5.78 Å². The number of likely N-dealkylation sites (tertiary alicyclic amines) is 2. The van der Waals surface area contributed by atoms with Crippen LogP contribution in [0.1, 0.15) is 104 Å². The van der Waals surface area contributed by atoms with Gasteiger partial charge < -0.3 is 34.3 Å². The van der Waals surface area contributed by atoms with Gasteiger partial charge >= 0.3 is 12.2 Å². The Hall–Kier alpha value is -4.54. The maximum absolute atomic E-state index is 13.0. The number of pyridine rings is 2. The number of nitrogens with one attached hydrogen (secondary N) is 2. The molecule has 3 aromatic heterocycles. The minimum Gasteiger partial charge on any atom is -0.460 e. The molecule has 0 bridgehead atoms. The van der Waals surface area contributed by atoms with E-state index in [1.165, 1.54) is 4.90 Å². The lowest BCUT2D eigenvalue weighted by molar-refractivity contribution is -0.138. The molecule has 4 aliphatic heterocycles. The lowest BCUT2D eigenvalue weighted by Crippen LogP contribution is -2.73. The second-order valence-corrected chi connectivity index (χ2v) is 20.1. The van der Waals surface area contributed by atoms with Crippen LogP contribution in [0.15, 0.2) is 28.9 Å². The number of piperidine rings is 1. The van der Waals surface area contributed by atoms with Gasteiger partial charge in [-0.1, -0.05) is 39.1 Å². The van der Waals surface area contributed by atoms with Crippen molar-refractivity contribution in [3.63, 3.8) is 0 Å². The quantitative estimate of drug-likeness (QED) is 0.143. The van der Waals surface area contributed by atoms with Gasteiger partial charge in [0.2, 0.25) is 5.91 Å².